The summed E-state index contributed by atoms with van der Waals surface area (Å²) >= 11 is 0. The Morgan fingerprint density at radius 2 is 1.89 bits per heavy atom. The second kappa shape index (κ2) is 8.77. The van der Waals surface area contributed by atoms with E-state index in [-0.39, 0.29) is 29.4 Å². The summed E-state index contributed by atoms with van der Waals surface area (Å²) in [6, 6.07) is 11.9. The predicted molar refractivity (Wildman–Crippen MR) is 117 cm³/mol. The van der Waals surface area contributed by atoms with Crippen LogP contribution in [-0.4, -0.2) is 30.7 Å². The number of fused-ring (bicyclic) bond motifs is 1. The molecular formula is C20H25IN4O2. The Morgan fingerprint density at radius 1 is 1.11 bits per heavy atom. The highest BCUT2D eigenvalue weighted by Crippen LogP contribution is 2.44. The summed E-state index contributed by atoms with van der Waals surface area (Å²) in [7, 11) is 0. The molecule has 7 heteroatoms. The van der Waals surface area contributed by atoms with Gasteiger partial charge in [0.2, 0.25) is 0 Å². The molecular weight excluding hydrogens is 455 g/mol. The Labute approximate surface area is 176 Å². The van der Waals surface area contributed by atoms with Gasteiger partial charge < -0.3 is 20.5 Å². The number of aliphatic imine (C=N–C) groups is 1. The molecule has 0 bridgehead atoms. The molecule has 0 spiro atoms. The second-order valence-electron chi connectivity index (χ2n) is 6.89. The fourth-order valence-corrected chi connectivity index (χ4v) is 3.81. The highest BCUT2D eigenvalue weighted by Gasteiger charge is 2.36. The molecule has 144 valence electrons. The van der Waals surface area contributed by atoms with E-state index in [1.165, 1.54) is 18.4 Å². The quantitative estimate of drug-likeness (QED) is 0.396. The molecule has 0 amide bonds. The van der Waals surface area contributed by atoms with E-state index in [0.717, 1.165) is 24.3 Å². The molecule has 1 aromatic heterocycles. The smallest absolute Gasteiger partial charge is 0.194 e. The number of hydrogen-bond acceptors (Lipinski definition) is 4. The van der Waals surface area contributed by atoms with E-state index in [1.54, 1.807) is 6.20 Å². The molecule has 1 aromatic carbocycles. The van der Waals surface area contributed by atoms with E-state index < -0.39 is 0 Å². The maximum absolute atomic E-state index is 6.09. The zero-order chi connectivity index (χ0) is 17.8. The van der Waals surface area contributed by atoms with Crippen LogP contribution < -0.4 is 20.5 Å². The van der Waals surface area contributed by atoms with Crippen LogP contribution in [-0.2, 0) is 5.41 Å². The number of halogens is 1. The first-order chi connectivity index (χ1) is 12.8. The van der Waals surface area contributed by atoms with Gasteiger partial charge in [0.25, 0.3) is 0 Å². The number of pyridine rings is 1. The molecule has 2 aliphatic rings. The Balaban J connectivity index is 0.00000210. The Kier molecular flexibility index (Phi) is 6.41. The predicted octanol–water partition coefficient (Wildman–Crippen LogP) is 3.71. The number of aromatic nitrogens is 1. The fourth-order valence-electron chi connectivity index (χ4n) is 3.81. The van der Waals surface area contributed by atoms with Crippen LogP contribution in [0.2, 0.25) is 0 Å². The molecule has 1 aliphatic heterocycles. The van der Waals surface area contributed by atoms with Gasteiger partial charge in [0.15, 0.2) is 17.5 Å². The molecule has 27 heavy (non-hydrogen) atoms. The van der Waals surface area contributed by atoms with Gasteiger partial charge in [-0.25, -0.2) is 4.98 Å². The SMILES string of the molecule is I.NC(=NCC1(c2ccc3c(c2)OCCO3)CCCC1)Nc1ccccn1. The maximum atomic E-state index is 6.09. The van der Waals surface area contributed by atoms with Crippen molar-refractivity contribution in [1.82, 2.24) is 4.98 Å². The topological polar surface area (TPSA) is 81.8 Å². The van der Waals surface area contributed by atoms with Crippen LogP contribution in [0.4, 0.5) is 5.82 Å². The van der Waals surface area contributed by atoms with Gasteiger partial charge in [-0.3, -0.25) is 4.99 Å². The lowest BCUT2D eigenvalue weighted by Gasteiger charge is -2.29. The van der Waals surface area contributed by atoms with E-state index in [1.807, 2.05) is 24.3 Å². The third kappa shape index (κ3) is 4.45. The minimum atomic E-state index is 0. The summed E-state index contributed by atoms with van der Waals surface area (Å²) in [6.07, 6.45) is 6.35. The van der Waals surface area contributed by atoms with E-state index in [2.05, 4.69) is 27.4 Å². The Bertz CT molecular complexity index is 792. The first-order valence-corrected chi connectivity index (χ1v) is 9.13. The zero-order valence-corrected chi connectivity index (χ0v) is 17.5. The van der Waals surface area contributed by atoms with Crippen molar-refractivity contribution in [2.75, 3.05) is 25.1 Å². The van der Waals surface area contributed by atoms with Crippen LogP contribution in [0, 0.1) is 0 Å². The van der Waals surface area contributed by atoms with Crippen LogP contribution in [0.1, 0.15) is 31.2 Å². The van der Waals surface area contributed by atoms with Crippen LogP contribution >= 0.6 is 24.0 Å². The molecule has 1 fully saturated rings. The van der Waals surface area contributed by atoms with Gasteiger partial charge in [-0.15, -0.1) is 24.0 Å². The van der Waals surface area contributed by atoms with E-state index in [4.69, 9.17) is 15.2 Å². The van der Waals surface area contributed by atoms with Crippen molar-refractivity contribution in [3.8, 4) is 11.5 Å². The normalized spacial score (nSPS) is 17.9. The summed E-state index contributed by atoms with van der Waals surface area (Å²) in [6.45, 7) is 1.86. The highest BCUT2D eigenvalue weighted by molar-refractivity contribution is 14.0. The van der Waals surface area contributed by atoms with Crippen molar-refractivity contribution in [1.29, 1.82) is 0 Å². The van der Waals surface area contributed by atoms with Crippen LogP contribution in [0.15, 0.2) is 47.6 Å². The van der Waals surface area contributed by atoms with E-state index in [9.17, 15) is 0 Å². The first-order valence-electron chi connectivity index (χ1n) is 9.13. The van der Waals surface area contributed by atoms with Gasteiger partial charge in [-0.1, -0.05) is 25.0 Å². The van der Waals surface area contributed by atoms with Gasteiger partial charge in [0.1, 0.15) is 19.0 Å². The molecule has 2 aromatic rings. The standard InChI is InChI=1S/C20H24N4O2.HI/c21-19(24-18-5-1-4-10-22-18)23-14-20(8-2-3-9-20)15-6-7-16-17(13-15)26-12-11-25-16;/h1,4-7,10,13H,2-3,8-9,11-12,14H2,(H3,21,22,23,24);1H. The van der Waals surface area contributed by atoms with Gasteiger partial charge in [0.05, 0.1) is 6.54 Å². The molecule has 0 atom stereocenters. The molecule has 0 saturated heterocycles. The molecule has 0 radical (unpaired) electrons. The average molecular weight is 480 g/mol. The van der Waals surface area contributed by atoms with Crippen molar-refractivity contribution >= 4 is 35.8 Å². The van der Waals surface area contributed by atoms with Crippen molar-refractivity contribution in [3.05, 3.63) is 48.2 Å². The van der Waals surface area contributed by atoms with E-state index in [0.29, 0.717) is 31.5 Å². The summed E-state index contributed by atoms with van der Waals surface area (Å²) in [4.78, 5) is 8.85. The summed E-state index contributed by atoms with van der Waals surface area (Å²) in [5, 5.41) is 3.06. The van der Waals surface area contributed by atoms with Gasteiger partial charge in [0, 0.05) is 11.6 Å². The summed E-state index contributed by atoms with van der Waals surface area (Å²) < 4.78 is 11.4. The number of ether oxygens (including phenoxy) is 2. The van der Waals surface area contributed by atoms with Crippen molar-refractivity contribution in [2.45, 2.75) is 31.1 Å². The molecule has 1 aliphatic carbocycles. The summed E-state index contributed by atoms with van der Waals surface area (Å²) in [5.41, 5.74) is 7.35. The monoisotopic (exact) mass is 480 g/mol. The summed E-state index contributed by atoms with van der Waals surface area (Å²) in [5.74, 6) is 2.76. The van der Waals surface area contributed by atoms with Crippen LogP contribution in [0.3, 0.4) is 0 Å². The minimum absolute atomic E-state index is 0. The van der Waals surface area contributed by atoms with Gasteiger partial charge in [-0.05, 0) is 42.7 Å². The number of nitrogens with two attached hydrogens (primary N) is 1. The third-order valence-corrected chi connectivity index (χ3v) is 5.19. The number of hydrogen-bond donors (Lipinski definition) is 2. The average Bonchev–Trinajstić information content (AvgIpc) is 3.17. The molecule has 4 rings (SSSR count). The number of benzene rings is 1. The van der Waals surface area contributed by atoms with Crippen LogP contribution in [0.25, 0.3) is 0 Å². The van der Waals surface area contributed by atoms with Crippen molar-refractivity contribution < 1.29 is 9.47 Å². The van der Waals surface area contributed by atoms with Gasteiger partial charge >= 0.3 is 0 Å². The van der Waals surface area contributed by atoms with Crippen molar-refractivity contribution in [3.63, 3.8) is 0 Å². The molecule has 6 nitrogen and oxygen atoms in total. The van der Waals surface area contributed by atoms with E-state index >= 15 is 0 Å². The lowest BCUT2D eigenvalue weighted by molar-refractivity contribution is 0.171. The third-order valence-electron chi connectivity index (χ3n) is 5.19. The number of rotatable bonds is 4. The second-order valence-corrected chi connectivity index (χ2v) is 6.89. The van der Waals surface area contributed by atoms with Gasteiger partial charge in [-0.2, -0.15) is 0 Å². The molecule has 3 N–H and O–H groups in total. The van der Waals surface area contributed by atoms with Crippen molar-refractivity contribution in [2.24, 2.45) is 10.7 Å². The number of anilines is 1. The lowest BCUT2D eigenvalue weighted by Crippen LogP contribution is -2.30. The number of nitrogens with zero attached hydrogens (tertiary/aromatic N) is 2. The highest BCUT2D eigenvalue weighted by atomic mass is 127. The van der Waals surface area contributed by atoms with Crippen LogP contribution in [0.5, 0.6) is 11.5 Å². The lowest BCUT2D eigenvalue weighted by atomic mass is 9.79. The largest absolute Gasteiger partial charge is 0.486 e. The Morgan fingerprint density at radius 3 is 2.63 bits per heavy atom. The molecule has 1 saturated carbocycles. The minimum Gasteiger partial charge on any atom is -0.486 e. The zero-order valence-electron chi connectivity index (χ0n) is 15.2. The number of guanidine groups is 1. The molecule has 2 heterocycles. The first kappa shape index (κ1) is 19.7. The fraction of sp³-hybridized carbons (Fsp3) is 0.400. The number of nitrogens with one attached hydrogen (secondary N) is 1. The Hall–Kier alpha value is -2.03. The molecule has 0 unspecified atom stereocenters. The maximum Gasteiger partial charge on any atom is 0.194 e.